The van der Waals surface area contributed by atoms with E-state index in [2.05, 4.69) is 57.5 Å². The molecule has 126 valence electrons. The van der Waals surface area contributed by atoms with Gasteiger partial charge in [-0.25, -0.2) is 0 Å². The fourth-order valence-corrected chi connectivity index (χ4v) is 2.61. The Bertz CT molecular complexity index is 621. The monoisotopic (exact) mass is 379 g/mol. The highest BCUT2D eigenvalue weighted by atomic mass is 79.9. The highest BCUT2D eigenvalue weighted by Crippen LogP contribution is 2.31. The normalized spacial score (nSPS) is 10.8. The molecule has 0 fully saturated rings. The van der Waals surface area contributed by atoms with E-state index in [0.29, 0.717) is 0 Å². The second-order valence-corrected chi connectivity index (χ2v) is 6.59. The zero-order valence-corrected chi connectivity index (χ0v) is 16.2. The predicted molar refractivity (Wildman–Crippen MR) is 90.5 cm³/mol. The van der Waals surface area contributed by atoms with Crippen molar-refractivity contribution in [1.29, 1.82) is 0 Å². The lowest BCUT2D eigenvalue weighted by atomic mass is 10.0. The molecule has 2 aromatic rings. The molecule has 0 spiro atoms. The standard InChI is InChI=1S/C19H26NO2.BrH/c1-20(2,3)14-17-13-18(21-4)16(12-19(17)22-5)11-15-9-7-6-8-10-15;/h6-10,12-13H,11,14H2,1-5H3;1H/q+1;/p-1. The quantitative estimate of drug-likeness (QED) is 0.680. The van der Waals surface area contributed by atoms with E-state index in [1.165, 1.54) is 11.1 Å². The number of hydrogen-bond donors (Lipinski definition) is 0. The van der Waals surface area contributed by atoms with Gasteiger partial charge in [0.15, 0.2) is 0 Å². The van der Waals surface area contributed by atoms with Gasteiger partial charge in [0.05, 0.1) is 40.9 Å². The summed E-state index contributed by atoms with van der Waals surface area (Å²) in [5.41, 5.74) is 3.58. The summed E-state index contributed by atoms with van der Waals surface area (Å²) in [6, 6.07) is 14.6. The Morgan fingerprint density at radius 3 is 1.87 bits per heavy atom. The molecule has 23 heavy (non-hydrogen) atoms. The molecule has 0 atom stereocenters. The second-order valence-electron chi connectivity index (χ2n) is 6.59. The van der Waals surface area contributed by atoms with Crippen LogP contribution in [0.25, 0.3) is 0 Å². The van der Waals surface area contributed by atoms with Gasteiger partial charge in [-0.15, -0.1) is 0 Å². The van der Waals surface area contributed by atoms with Crippen molar-refractivity contribution in [2.75, 3.05) is 35.4 Å². The fourth-order valence-electron chi connectivity index (χ4n) is 2.61. The molecule has 0 unspecified atom stereocenters. The van der Waals surface area contributed by atoms with Crippen molar-refractivity contribution in [1.82, 2.24) is 0 Å². The maximum Gasteiger partial charge on any atom is 0.128 e. The zero-order chi connectivity index (χ0) is 16.2. The van der Waals surface area contributed by atoms with Crippen LogP contribution in [-0.4, -0.2) is 39.8 Å². The summed E-state index contributed by atoms with van der Waals surface area (Å²) in [5, 5.41) is 0. The lowest BCUT2D eigenvalue weighted by molar-refractivity contribution is -0.884. The van der Waals surface area contributed by atoms with Crippen LogP contribution in [0.15, 0.2) is 42.5 Å². The average Bonchev–Trinajstić information content (AvgIpc) is 2.48. The largest absolute Gasteiger partial charge is 1.00 e. The van der Waals surface area contributed by atoms with Gasteiger partial charge >= 0.3 is 0 Å². The first-order chi connectivity index (χ1) is 10.4. The van der Waals surface area contributed by atoms with Crippen LogP contribution < -0.4 is 26.5 Å². The minimum atomic E-state index is 0. The Kier molecular flexibility index (Phi) is 7.10. The summed E-state index contributed by atoms with van der Waals surface area (Å²) in [6.45, 7) is 0.894. The molecule has 0 aliphatic carbocycles. The van der Waals surface area contributed by atoms with Gasteiger partial charge in [-0.1, -0.05) is 30.3 Å². The number of quaternary nitrogens is 1. The first kappa shape index (κ1) is 19.5. The first-order valence-electron chi connectivity index (χ1n) is 7.51. The molecule has 0 N–H and O–H groups in total. The van der Waals surface area contributed by atoms with E-state index in [4.69, 9.17) is 9.47 Å². The van der Waals surface area contributed by atoms with Gasteiger partial charge in [0.2, 0.25) is 0 Å². The van der Waals surface area contributed by atoms with E-state index in [1.807, 2.05) is 6.07 Å². The number of methoxy groups -OCH3 is 2. The van der Waals surface area contributed by atoms with Crippen LogP contribution in [0.4, 0.5) is 0 Å². The lowest BCUT2D eigenvalue weighted by Gasteiger charge is -2.25. The molecule has 0 bridgehead atoms. The van der Waals surface area contributed by atoms with Crippen LogP contribution in [-0.2, 0) is 13.0 Å². The number of rotatable bonds is 6. The Hall–Kier alpha value is -1.52. The van der Waals surface area contributed by atoms with Crippen molar-refractivity contribution in [3.05, 3.63) is 59.2 Å². The average molecular weight is 380 g/mol. The highest BCUT2D eigenvalue weighted by Gasteiger charge is 2.17. The number of nitrogens with zero attached hydrogens (tertiary/aromatic N) is 1. The fraction of sp³-hybridized carbons (Fsp3) is 0.368. The van der Waals surface area contributed by atoms with E-state index < -0.39 is 0 Å². The maximum absolute atomic E-state index is 5.61. The van der Waals surface area contributed by atoms with Crippen molar-refractivity contribution in [3.8, 4) is 11.5 Å². The molecule has 2 aromatic carbocycles. The van der Waals surface area contributed by atoms with Gasteiger partial charge in [-0.05, 0) is 17.7 Å². The Balaban J connectivity index is 0.00000264. The number of hydrogen-bond acceptors (Lipinski definition) is 2. The molecule has 0 aliphatic heterocycles. The summed E-state index contributed by atoms with van der Waals surface area (Å²) in [5.74, 6) is 1.85. The topological polar surface area (TPSA) is 18.5 Å². The number of halogens is 1. The third-order valence-electron chi connectivity index (χ3n) is 3.57. The predicted octanol–water partition coefficient (Wildman–Crippen LogP) is 0.505. The SMILES string of the molecule is COc1cc(C[N+](C)(C)C)c(OC)cc1Cc1ccccc1.[Br-]. The minimum absolute atomic E-state index is 0. The van der Waals surface area contributed by atoms with E-state index >= 15 is 0 Å². The molecule has 0 aromatic heterocycles. The van der Waals surface area contributed by atoms with Crippen molar-refractivity contribution in [3.63, 3.8) is 0 Å². The molecule has 0 saturated carbocycles. The third kappa shape index (κ3) is 5.56. The highest BCUT2D eigenvalue weighted by molar-refractivity contribution is 5.48. The van der Waals surface area contributed by atoms with Crippen molar-refractivity contribution < 1.29 is 30.9 Å². The summed E-state index contributed by atoms with van der Waals surface area (Å²) in [7, 11) is 9.97. The zero-order valence-electron chi connectivity index (χ0n) is 14.6. The smallest absolute Gasteiger partial charge is 0.128 e. The van der Waals surface area contributed by atoms with Crippen molar-refractivity contribution in [2.24, 2.45) is 0 Å². The van der Waals surface area contributed by atoms with Crippen LogP contribution in [0, 0.1) is 0 Å². The van der Waals surface area contributed by atoms with Gasteiger partial charge < -0.3 is 30.9 Å². The first-order valence-corrected chi connectivity index (χ1v) is 7.51. The minimum Gasteiger partial charge on any atom is -1.00 e. The van der Waals surface area contributed by atoms with Gasteiger partial charge in [0, 0.05) is 12.0 Å². The van der Waals surface area contributed by atoms with E-state index in [-0.39, 0.29) is 17.0 Å². The molecule has 0 saturated heterocycles. The molecule has 0 amide bonds. The molecule has 0 heterocycles. The van der Waals surface area contributed by atoms with Gasteiger partial charge in [-0.2, -0.15) is 0 Å². The lowest BCUT2D eigenvalue weighted by Crippen LogP contribution is -3.00. The second kappa shape index (κ2) is 8.37. The third-order valence-corrected chi connectivity index (χ3v) is 3.57. The molecular weight excluding hydrogens is 354 g/mol. The molecule has 3 nitrogen and oxygen atoms in total. The Morgan fingerprint density at radius 1 is 0.826 bits per heavy atom. The Morgan fingerprint density at radius 2 is 1.35 bits per heavy atom. The summed E-state index contributed by atoms with van der Waals surface area (Å²) in [4.78, 5) is 0. The molecule has 0 aliphatic rings. The van der Waals surface area contributed by atoms with Crippen LogP contribution >= 0.6 is 0 Å². The van der Waals surface area contributed by atoms with Gasteiger partial charge in [0.1, 0.15) is 18.0 Å². The van der Waals surface area contributed by atoms with Crippen LogP contribution in [0.2, 0.25) is 0 Å². The number of benzene rings is 2. The molecular formula is C19H26BrNO2. The summed E-state index contributed by atoms with van der Waals surface area (Å²) in [6.07, 6.45) is 0.838. The molecule has 4 heteroatoms. The summed E-state index contributed by atoms with van der Waals surface area (Å²) >= 11 is 0. The van der Waals surface area contributed by atoms with Crippen LogP contribution in [0.3, 0.4) is 0 Å². The van der Waals surface area contributed by atoms with E-state index in [1.54, 1.807) is 14.2 Å². The Labute approximate surface area is 150 Å². The molecule has 0 radical (unpaired) electrons. The van der Waals surface area contributed by atoms with E-state index in [0.717, 1.165) is 34.5 Å². The van der Waals surface area contributed by atoms with Gasteiger partial charge in [-0.3, -0.25) is 0 Å². The van der Waals surface area contributed by atoms with Crippen molar-refractivity contribution >= 4 is 0 Å². The van der Waals surface area contributed by atoms with Crippen LogP contribution in [0.1, 0.15) is 16.7 Å². The maximum atomic E-state index is 5.61. The summed E-state index contributed by atoms with van der Waals surface area (Å²) < 4.78 is 12.1. The van der Waals surface area contributed by atoms with E-state index in [9.17, 15) is 0 Å². The van der Waals surface area contributed by atoms with Crippen LogP contribution in [0.5, 0.6) is 11.5 Å². The number of ether oxygens (including phenoxy) is 2. The van der Waals surface area contributed by atoms with Gasteiger partial charge in [0.25, 0.3) is 0 Å². The molecule has 2 rings (SSSR count). The van der Waals surface area contributed by atoms with Crippen molar-refractivity contribution in [2.45, 2.75) is 13.0 Å².